The standard InChI is InChI=1S/C20H15F7N2O3/c21-15-3-1-2-4-16(15)32-10-17(30)29-8-11(9-29)18(31)28-14-6-12(19(22,23)24)5-13(7-14)20(25,26)27/h1-7,11H,8-10H2,(H,28,31). The topological polar surface area (TPSA) is 58.6 Å². The molecule has 5 nitrogen and oxygen atoms in total. The molecule has 2 amide bonds. The van der Waals surface area contributed by atoms with E-state index in [1.165, 1.54) is 23.1 Å². The molecule has 32 heavy (non-hydrogen) atoms. The largest absolute Gasteiger partial charge is 0.481 e. The third kappa shape index (κ3) is 5.48. The number of carbonyl (C=O) groups is 2. The molecule has 1 saturated heterocycles. The van der Waals surface area contributed by atoms with Crippen LogP contribution in [0.15, 0.2) is 42.5 Å². The maximum Gasteiger partial charge on any atom is 0.416 e. The van der Waals surface area contributed by atoms with Crippen molar-refractivity contribution in [3.8, 4) is 5.75 Å². The number of amides is 2. The van der Waals surface area contributed by atoms with Gasteiger partial charge in [0.25, 0.3) is 5.91 Å². The number of anilines is 1. The van der Waals surface area contributed by atoms with Crippen molar-refractivity contribution in [3.05, 3.63) is 59.4 Å². The van der Waals surface area contributed by atoms with Gasteiger partial charge in [0.05, 0.1) is 17.0 Å². The molecule has 1 heterocycles. The highest BCUT2D eigenvalue weighted by Gasteiger charge is 2.39. The first-order valence-electron chi connectivity index (χ1n) is 9.10. The zero-order valence-corrected chi connectivity index (χ0v) is 16.1. The predicted octanol–water partition coefficient (Wildman–Crippen LogP) is 4.34. The van der Waals surface area contributed by atoms with Crippen LogP contribution >= 0.6 is 0 Å². The van der Waals surface area contributed by atoms with Gasteiger partial charge in [0.15, 0.2) is 18.2 Å². The number of para-hydroxylation sites is 1. The van der Waals surface area contributed by atoms with E-state index < -0.39 is 59.3 Å². The van der Waals surface area contributed by atoms with Crippen LogP contribution in [-0.2, 0) is 21.9 Å². The maximum absolute atomic E-state index is 13.5. The van der Waals surface area contributed by atoms with Crippen LogP contribution in [0.3, 0.4) is 0 Å². The van der Waals surface area contributed by atoms with Crippen LogP contribution in [0.2, 0.25) is 0 Å². The van der Waals surface area contributed by atoms with Crippen molar-refractivity contribution >= 4 is 17.5 Å². The van der Waals surface area contributed by atoms with E-state index in [4.69, 9.17) is 4.74 Å². The number of likely N-dealkylation sites (tertiary alicyclic amines) is 1. The van der Waals surface area contributed by atoms with Crippen LogP contribution in [0.1, 0.15) is 11.1 Å². The molecule has 0 aliphatic carbocycles. The minimum Gasteiger partial charge on any atom is -0.481 e. The predicted molar refractivity (Wildman–Crippen MR) is 97.0 cm³/mol. The summed E-state index contributed by atoms with van der Waals surface area (Å²) < 4.78 is 96.0. The lowest BCUT2D eigenvalue weighted by atomic mass is 9.98. The Morgan fingerprint density at radius 1 is 0.969 bits per heavy atom. The highest BCUT2D eigenvalue weighted by atomic mass is 19.4. The van der Waals surface area contributed by atoms with E-state index in [2.05, 4.69) is 0 Å². The molecule has 3 rings (SSSR count). The highest BCUT2D eigenvalue weighted by Crippen LogP contribution is 2.37. The monoisotopic (exact) mass is 464 g/mol. The summed E-state index contributed by atoms with van der Waals surface area (Å²) in [5.41, 5.74) is -3.78. The Morgan fingerprint density at radius 3 is 2.06 bits per heavy atom. The Balaban J connectivity index is 1.58. The van der Waals surface area contributed by atoms with Gasteiger partial charge in [-0.1, -0.05) is 12.1 Å². The molecule has 1 fully saturated rings. The summed E-state index contributed by atoms with van der Waals surface area (Å²) in [6.45, 7) is -0.732. The minimum absolute atomic E-state index is 0.0467. The van der Waals surface area contributed by atoms with Gasteiger partial charge >= 0.3 is 12.4 Å². The first-order chi connectivity index (χ1) is 14.8. The number of hydrogen-bond acceptors (Lipinski definition) is 3. The Kier molecular flexibility index (Phi) is 6.33. The minimum atomic E-state index is -5.04. The zero-order valence-electron chi connectivity index (χ0n) is 16.1. The van der Waals surface area contributed by atoms with Crippen molar-refractivity contribution < 1.29 is 45.1 Å². The second-order valence-electron chi connectivity index (χ2n) is 7.00. The first kappa shape index (κ1) is 23.4. The molecule has 2 aromatic carbocycles. The summed E-state index contributed by atoms with van der Waals surface area (Å²) in [4.78, 5) is 25.5. The van der Waals surface area contributed by atoms with Crippen LogP contribution in [0, 0.1) is 11.7 Å². The molecule has 0 unspecified atom stereocenters. The Hall–Kier alpha value is -3.31. The highest BCUT2D eigenvalue weighted by molar-refractivity contribution is 5.95. The number of ether oxygens (including phenoxy) is 1. The second-order valence-corrected chi connectivity index (χ2v) is 7.00. The fourth-order valence-electron chi connectivity index (χ4n) is 2.91. The lowest BCUT2D eigenvalue weighted by Gasteiger charge is -2.38. The molecule has 172 valence electrons. The molecular formula is C20H15F7N2O3. The molecule has 0 bridgehead atoms. The molecule has 1 aliphatic heterocycles. The van der Waals surface area contributed by atoms with Gasteiger partial charge in [-0.15, -0.1) is 0 Å². The van der Waals surface area contributed by atoms with Crippen LogP contribution < -0.4 is 10.1 Å². The zero-order chi connectivity index (χ0) is 23.7. The number of nitrogens with one attached hydrogen (secondary N) is 1. The number of nitrogens with zero attached hydrogens (tertiary/aromatic N) is 1. The number of halogens is 7. The average Bonchev–Trinajstić information content (AvgIpc) is 2.64. The molecule has 0 atom stereocenters. The summed E-state index contributed by atoms with van der Waals surface area (Å²) in [5, 5.41) is 2.04. The van der Waals surface area contributed by atoms with Crippen molar-refractivity contribution in [1.82, 2.24) is 4.90 Å². The summed E-state index contributed by atoms with van der Waals surface area (Å²) in [5.74, 6) is -3.04. The van der Waals surface area contributed by atoms with E-state index in [1.807, 2.05) is 5.32 Å². The summed E-state index contributed by atoms with van der Waals surface area (Å²) in [7, 11) is 0. The van der Waals surface area contributed by atoms with Gasteiger partial charge in [0.2, 0.25) is 5.91 Å². The van der Waals surface area contributed by atoms with Crippen LogP contribution in [0.4, 0.5) is 36.4 Å². The molecule has 0 saturated carbocycles. The normalized spacial score (nSPS) is 14.7. The van der Waals surface area contributed by atoms with Gasteiger partial charge in [-0.2, -0.15) is 26.3 Å². The third-order valence-electron chi connectivity index (χ3n) is 4.65. The molecule has 0 radical (unpaired) electrons. The first-order valence-corrected chi connectivity index (χ1v) is 9.10. The van der Waals surface area contributed by atoms with Gasteiger partial charge in [0.1, 0.15) is 0 Å². The molecule has 1 N–H and O–H groups in total. The summed E-state index contributed by atoms with van der Waals surface area (Å²) in [6.07, 6.45) is -10.1. The molecular weight excluding hydrogens is 449 g/mol. The van der Waals surface area contributed by atoms with Gasteiger partial charge in [-0.05, 0) is 30.3 Å². The summed E-state index contributed by atoms with van der Waals surface area (Å²) >= 11 is 0. The van der Waals surface area contributed by atoms with E-state index >= 15 is 0 Å². The Labute approximate surface area is 176 Å². The fraction of sp³-hybridized carbons (Fsp3) is 0.300. The third-order valence-corrected chi connectivity index (χ3v) is 4.65. The Bertz CT molecular complexity index is 983. The Morgan fingerprint density at radius 2 is 1.53 bits per heavy atom. The van der Waals surface area contributed by atoms with E-state index in [1.54, 1.807) is 0 Å². The number of hydrogen-bond donors (Lipinski definition) is 1. The number of alkyl halides is 6. The van der Waals surface area contributed by atoms with Gasteiger partial charge in [0, 0.05) is 18.8 Å². The maximum atomic E-state index is 13.5. The quantitative estimate of drug-likeness (QED) is 0.670. The number of carbonyl (C=O) groups excluding carboxylic acids is 2. The van der Waals surface area contributed by atoms with Crippen LogP contribution in [0.5, 0.6) is 5.75 Å². The molecule has 12 heteroatoms. The van der Waals surface area contributed by atoms with Gasteiger partial charge < -0.3 is 15.0 Å². The van der Waals surface area contributed by atoms with Crippen molar-refractivity contribution in [2.75, 3.05) is 25.0 Å². The fourth-order valence-corrected chi connectivity index (χ4v) is 2.91. The van der Waals surface area contributed by atoms with E-state index in [9.17, 15) is 40.3 Å². The van der Waals surface area contributed by atoms with E-state index in [0.717, 1.165) is 6.07 Å². The summed E-state index contributed by atoms with van der Waals surface area (Å²) in [6, 6.07) is 6.15. The van der Waals surface area contributed by atoms with Crippen molar-refractivity contribution in [1.29, 1.82) is 0 Å². The SMILES string of the molecule is O=C(Nc1cc(C(F)(F)F)cc(C(F)(F)F)c1)C1CN(C(=O)COc2ccccc2F)C1. The smallest absolute Gasteiger partial charge is 0.416 e. The number of benzene rings is 2. The van der Waals surface area contributed by atoms with Crippen LogP contribution in [0.25, 0.3) is 0 Å². The lowest BCUT2D eigenvalue weighted by Crippen LogP contribution is -2.55. The van der Waals surface area contributed by atoms with Gasteiger partial charge in [-0.25, -0.2) is 4.39 Å². The van der Waals surface area contributed by atoms with E-state index in [-0.39, 0.29) is 24.9 Å². The van der Waals surface area contributed by atoms with Crippen molar-refractivity contribution in [2.45, 2.75) is 12.4 Å². The molecule has 0 spiro atoms. The second kappa shape index (κ2) is 8.67. The van der Waals surface area contributed by atoms with Crippen LogP contribution in [-0.4, -0.2) is 36.4 Å². The van der Waals surface area contributed by atoms with E-state index in [0.29, 0.717) is 12.1 Å². The molecule has 0 aromatic heterocycles. The lowest BCUT2D eigenvalue weighted by molar-refractivity contribution is -0.144. The number of rotatable bonds is 5. The van der Waals surface area contributed by atoms with Crippen molar-refractivity contribution in [2.24, 2.45) is 5.92 Å². The average molecular weight is 464 g/mol. The molecule has 1 aliphatic rings. The van der Waals surface area contributed by atoms with Crippen molar-refractivity contribution in [3.63, 3.8) is 0 Å². The van der Waals surface area contributed by atoms with Gasteiger partial charge in [-0.3, -0.25) is 9.59 Å². The molecule has 2 aromatic rings.